The highest BCUT2D eigenvalue weighted by Gasteiger charge is 2.35. The summed E-state index contributed by atoms with van der Waals surface area (Å²) < 4.78 is 0. The summed E-state index contributed by atoms with van der Waals surface area (Å²) in [6.07, 6.45) is 2.23. The summed E-state index contributed by atoms with van der Waals surface area (Å²) in [6, 6.07) is 0.254. The van der Waals surface area contributed by atoms with Gasteiger partial charge in [-0.2, -0.15) is 5.10 Å². The van der Waals surface area contributed by atoms with Crippen LogP contribution in [0, 0.1) is 0 Å². The van der Waals surface area contributed by atoms with E-state index in [-0.39, 0.29) is 17.3 Å². The molecule has 1 aliphatic heterocycles. The molecule has 0 amide bonds. The standard InChI is InChI=1S/C10H18N4O/c1-10(2,3)14-6-4-5-7(14)8-11-9(15)13-12-8/h7H,4-6H2,1-3H3,(H2,11,12,13,15). The third-order valence-electron chi connectivity index (χ3n) is 2.95. The summed E-state index contributed by atoms with van der Waals surface area (Å²) in [4.78, 5) is 16.2. The van der Waals surface area contributed by atoms with Gasteiger partial charge in [0.2, 0.25) is 0 Å². The summed E-state index contributed by atoms with van der Waals surface area (Å²) in [5.41, 5.74) is -0.0949. The topological polar surface area (TPSA) is 64.8 Å². The van der Waals surface area contributed by atoms with Crippen LogP contribution in [-0.4, -0.2) is 32.2 Å². The first kappa shape index (κ1) is 10.4. The van der Waals surface area contributed by atoms with E-state index < -0.39 is 0 Å². The molecule has 2 N–H and O–H groups in total. The molecule has 1 aromatic rings. The minimum Gasteiger partial charge on any atom is -0.292 e. The zero-order chi connectivity index (χ0) is 11.1. The molecule has 0 spiro atoms. The van der Waals surface area contributed by atoms with Crippen molar-refractivity contribution in [3.63, 3.8) is 0 Å². The molecule has 2 rings (SSSR count). The van der Waals surface area contributed by atoms with E-state index in [0.717, 1.165) is 25.2 Å². The van der Waals surface area contributed by atoms with Crippen molar-refractivity contribution >= 4 is 0 Å². The van der Waals surface area contributed by atoms with E-state index in [1.807, 2.05) is 0 Å². The highest BCUT2D eigenvalue weighted by molar-refractivity contribution is 4.99. The van der Waals surface area contributed by atoms with E-state index >= 15 is 0 Å². The first-order valence-electron chi connectivity index (χ1n) is 5.40. The second-order valence-corrected chi connectivity index (χ2v) is 5.09. The number of hydrogen-bond donors (Lipinski definition) is 2. The van der Waals surface area contributed by atoms with Crippen molar-refractivity contribution in [3.8, 4) is 0 Å². The fourth-order valence-corrected chi connectivity index (χ4v) is 2.29. The van der Waals surface area contributed by atoms with Gasteiger partial charge in [0.25, 0.3) is 0 Å². The number of rotatable bonds is 1. The molecule has 1 aromatic heterocycles. The van der Waals surface area contributed by atoms with Crippen LogP contribution in [0.5, 0.6) is 0 Å². The van der Waals surface area contributed by atoms with Crippen LogP contribution in [0.3, 0.4) is 0 Å². The van der Waals surface area contributed by atoms with Crippen LogP contribution in [-0.2, 0) is 0 Å². The van der Waals surface area contributed by atoms with Crippen molar-refractivity contribution < 1.29 is 0 Å². The Balaban J connectivity index is 2.25. The first-order valence-corrected chi connectivity index (χ1v) is 5.40. The zero-order valence-electron chi connectivity index (χ0n) is 9.50. The fraction of sp³-hybridized carbons (Fsp3) is 0.800. The van der Waals surface area contributed by atoms with Crippen LogP contribution >= 0.6 is 0 Å². The molecule has 5 nitrogen and oxygen atoms in total. The molecule has 1 unspecified atom stereocenters. The fourth-order valence-electron chi connectivity index (χ4n) is 2.29. The number of likely N-dealkylation sites (tertiary alicyclic amines) is 1. The molecular formula is C10H18N4O. The minimum absolute atomic E-state index is 0.122. The van der Waals surface area contributed by atoms with Gasteiger partial charge in [-0.25, -0.2) is 9.89 Å². The third-order valence-corrected chi connectivity index (χ3v) is 2.95. The molecule has 5 heteroatoms. The van der Waals surface area contributed by atoms with Gasteiger partial charge in [0.1, 0.15) is 5.82 Å². The molecule has 0 radical (unpaired) electrons. The number of nitrogens with one attached hydrogen (secondary N) is 2. The van der Waals surface area contributed by atoms with Crippen molar-refractivity contribution in [3.05, 3.63) is 16.3 Å². The average molecular weight is 210 g/mol. The lowest BCUT2D eigenvalue weighted by Crippen LogP contribution is -2.41. The van der Waals surface area contributed by atoms with Gasteiger partial charge < -0.3 is 0 Å². The zero-order valence-corrected chi connectivity index (χ0v) is 9.50. The van der Waals surface area contributed by atoms with Crippen LogP contribution in [0.1, 0.15) is 45.5 Å². The number of H-pyrrole nitrogens is 2. The SMILES string of the molecule is CC(C)(C)N1CCCC1c1n[nH]c(=O)[nH]1. The Kier molecular flexibility index (Phi) is 2.42. The van der Waals surface area contributed by atoms with Gasteiger partial charge in [-0.1, -0.05) is 0 Å². The highest BCUT2D eigenvalue weighted by Crippen LogP contribution is 2.34. The minimum atomic E-state index is -0.217. The van der Waals surface area contributed by atoms with Gasteiger partial charge in [0.05, 0.1) is 6.04 Å². The van der Waals surface area contributed by atoms with Crippen molar-refractivity contribution in [2.75, 3.05) is 6.54 Å². The first-order chi connectivity index (χ1) is 6.98. The summed E-state index contributed by atoms with van der Waals surface area (Å²) >= 11 is 0. The summed E-state index contributed by atoms with van der Waals surface area (Å²) in [5, 5.41) is 6.46. The van der Waals surface area contributed by atoms with E-state index in [0.29, 0.717) is 0 Å². The molecule has 0 bridgehead atoms. The number of aromatic nitrogens is 3. The predicted octanol–water partition coefficient (Wildman–Crippen LogP) is 1.03. The predicted molar refractivity (Wildman–Crippen MR) is 57.6 cm³/mol. The van der Waals surface area contributed by atoms with Gasteiger partial charge in [0.15, 0.2) is 0 Å². The van der Waals surface area contributed by atoms with Crippen molar-refractivity contribution in [2.24, 2.45) is 0 Å². The Morgan fingerprint density at radius 3 is 2.73 bits per heavy atom. The maximum Gasteiger partial charge on any atom is 0.340 e. The third kappa shape index (κ3) is 1.97. The summed E-state index contributed by atoms with van der Waals surface area (Å²) in [5.74, 6) is 0.771. The molecule has 0 saturated carbocycles. The van der Waals surface area contributed by atoms with Gasteiger partial charge in [0, 0.05) is 5.54 Å². The second-order valence-electron chi connectivity index (χ2n) is 5.09. The van der Waals surface area contributed by atoms with Gasteiger partial charge in [-0.15, -0.1) is 0 Å². The highest BCUT2D eigenvalue weighted by atomic mass is 16.1. The van der Waals surface area contributed by atoms with Crippen LogP contribution < -0.4 is 5.69 Å². The molecule has 1 saturated heterocycles. The maximum atomic E-state index is 11.0. The lowest BCUT2D eigenvalue weighted by atomic mass is 10.0. The Bertz CT molecular complexity index is 387. The number of aromatic amines is 2. The van der Waals surface area contributed by atoms with E-state index in [2.05, 4.69) is 40.9 Å². The van der Waals surface area contributed by atoms with Gasteiger partial charge in [-0.3, -0.25) is 9.88 Å². The smallest absolute Gasteiger partial charge is 0.292 e. The lowest BCUT2D eigenvalue weighted by Gasteiger charge is -2.35. The number of hydrogen-bond acceptors (Lipinski definition) is 3. The molecular weight excluding hydrogens is 192 g/mol. The van der Waals surface area contributed by atoms with Crippen LogP contribution in [0.15, 0.2) is 4.79 Å². The molecule has 1 atom stereocenters. The van der Waals surface area contributed by atoms with Gasteiger partial charge >= 0.3 is 5.69 Å². The van der Waals surface area contributed by atoms with Crippen molar-refractivity contribution in [1.29, 1.82) is 0 Å². The molecule has 0 aliphatic carbocycles. The van der Waals surface area contributed by atoms with Crippen LogP contribution in [0.4, 0.5) is 0 Å². The lowest BCUT2D eigenvalue weighted by molar-refractivity contribution is 0.117. The molecule has 15 heavy (non-hydrogen) atoms. The number of nitrogens with zero attached hydrogens (tertiary/aromatic N) is 2. The largest absolute Gasteiger partial charge is 0.340 e. The molecule has 1 aliphatic rings. The van der Waals surface area contributed by atoms with Crippen molar-refractivity contribution in [2.45, 2.75) is 45.2 Å². The van der Waals surface area contributed by atoms with Crippen LogP contribution in [0.2, 0.25) is 0 Å². The Morgan fingerprint density at radius 1 is 1.47 bits per heavy atom. The summed E-state index contributed by atoms with van der Waals surface area (Å²) in [6.45, 7) is 7.64. The average Bonchev–Trinajstić information content (AvgIpc) is 2.68. The maximum absolute atomic E-state index is 11.0. The Hall–Kier alpha value is -1.10. The van der Waals surface area contributed by atoms with E-state index in [1.54, 1.807) is 0 Å². The van der Waals surface area contributed by atoms with E-state index in [4.69, 9.17) is 0 Å². The van der Waals surface area contributed by atoms with Crippen LogP contribution in [0.25, 0.3) is 0 Å². The normalized spacial score (nSPS) is 23.5. The van der Waals surface area contributed by atoms with E-state index in [1.165, 1.54) is 0 Å². The molecule has 2 heterocycles. The second kappa shape index (κ2) is 3.48. The quantitative estimate of drug-likeness (QED) is 0.727. The molecule has 0 aromatic carbocycles. The Labute approximate surface area is 88.9 Å². The summed E-state index contributed by atoms with van der Waals surface area (Å²) in [7, 11) is 0. The molecule has 1 fully saturated rings. The van der Waals surface area contributed by atoms with Gasteiger partial charge in [-0.05, 0) is 40.2 Å². The Morgan fingerprint density at radius 2 is 2.20 bits per heavy atom. The van der Waals surface area contributed by atoms with E-state index in [9.17, 15) is 4.79 Å². The van der Waals surface area contributed by atoms with Crippen molar-refractivity contribution in [1.82, 2.24) is 20.1 Å². The molecule has 84 valence electrons. The monoisotopic (exact) mass is 210 g/mol.